The third-order valence-electron chi connectivity index (χ3n) is 4.32. The Labute approximate surface area is 124 Å². The molecule has 4 nitrogen and oxygen atoms in total. The van der Waals surface area contributed by atoms with Gasteiger partial charge in [0.2, 0.25) is 0 Å². The number of nitrogens with one attached hydrogen (secondary N) is 1. The number of likely N-dealkylation sites (tertiary alicyclic amines) is 1. The second-order valence-electron chi connectivity index (χ2n) is 6.06. The number of benzene rings is 1. The van der Waals surface area contributed by atoms with Crippen molar-refractivity contribution in [2.75, 3.05) is 6.54 Å². The van der Waals surface area contributed by atoms with E-state index in [-0.39, 0.29) is 11.7 Å². The zero-order valence-electron chi connectivity index (χ0n) is 12.4. The summed E-state index contributed by atoms with van der Waals surface area (Å²) >= 11 is 0. The molecule has 1 aliphatic rings. The first-order valence-electron chi connectivity index (χ1n) is 7.66. The minimum absolute atomic E-state index is 0.00334. The topological polar surface area (TPSA) is 56.3 Å². The maximum Gasteiger partial charge on any atom is 0.252 e. The summed E-state index contributed by atoms with van der Waals surface area (Å²) in [5.41, 5.74) is 1.69. The van der Waals surface area contributed by atoms with Gasteiger partial charge < -0.3 is 10.1 Å². The molecule has 21 heavy (non-hydrogen) atoms. The Kier molecular flexibility index (Phi) is 4.08. The SMILES string of the molecule is CC(O)CC1CCCN1Cc1cc2ccccc2[nH]c1=O. The fourth-order valence-electron chi connectivity index (χ4n) is 3.29. The maximum absolute atomic E-state index is 12.2. The van der Waals surface area contributed by atoms with Gasteiger partial charge in [0.15, 0.2) is 0 Å². The van der Waals surface area contributed by atoms with E-state index in [4.69, 9.17) is 0 Å². The molecule has 1 aliphatic heterocycles. The van der Waals surface area contributed by atoms with Crippen molar-refractivity contribution in [1.29, 1.82) is 0 Å². The van der Waals surface area contributed by atoms with Crippen molar-refractivity contribution < 1.29 is 5.11 Å². The van der Waals surface area contributed by atoms with Crippen molar-refractivity contribution in [3.05, 3.63) is 46.2 Å². The van der Waals surface area contributed by atoms with Crippen LogP contribution >= 0.6 is 0 Å². The largest absolute Gasteiger partial charge is 0.393 e. The van der Waals surface area contributed by atoms with Gasteiger partial charge in [-0.15, -0.1) is 0 Å². The fourth-order valence-corrected chi connectivity index (χ4v) is 3.29. The summed E-state index contributed by atoms with van der Waals surface area (Å²) in [5, 5.41) is 10.7. The lowest BCUT2D eigenvalue weighted by molar-refractivity contribution is 0.130. The molecule has 4 heteroatoms. The van der Waals surface area contributed by atoms with Crippen LogP contribution in [0.4, 0.5) is 0 Å². The number of pyridine rings is 1. The van der Waals surface area contributed by atoms with Gasteiger partial charge in [-0.25, -0.2) is 0 Å². The van der Waals surface area contributed by atoms with E-state index in [1.54, 1.807) is 0 Å². The second-order valence-corrected chi connectivity index (χ2v) is 6.06. The monoisotopic (exact) mass is 286 g/mol. The smallest absolute Gasteiger partial charge is 0.252 e. The highest BCUT2D eigenvalue weighted by Gasteiger charge is 2.26. The van der Waals surface area contributed by atoms with Crippen LogP contribution in [0.2, 0.25) is 0 Å². The molecule has 3 rings (SSSR count). The van der Waals surface area contributed by atoms with Crippen LogP contribution in [0.1, 0.15) is 31.7 Å². The van der Waals surface area contributed by atoms with Crippen molar-refractivity contribution in [3.63, 3.8) is 0 Å². The quantitative estimate of drug-likeness (QED) is 0.906. The molecule has 2 atom stereocenters. The summed E-state index contributed by atoms with van der Waals surface area (Å²) in [7, 11) is 0. The Morgan fingerprint density at radius 1 is 1.43 bits per heavy atom. The number of hydrogen-bond acceptors (Lipinski definition) is 3. The van der Waals surface area contributed by atoms with Crippen molar-refractivity contribution in [2.24, 2.45) is 0 Å². The van der Waals surface area contributed by atoms with E-state index in [0.717, 1.165) is 42.3 Å². The van der Waals surface area contributed by atoms with E-state index in [1.807, 2.05) is 37.3 Å². The molecule has 0 spiro atoms. The Morgan fingerprint density at radius 2 is 2.24 bits per heavy atom. The van der Waals surface area contributed by atoms with Gasteiger partial charge in [0.25, 0.3) is 5.56 Å². The molecule has 0 radical (unpaired) electrons. The van der Waals surface area contributed by atoms with E-state index in [0.29, 0.717) is 12.6 Å². The molecular formula is C17H22N2O2. The third kappa shape index (κ3) is 3.17. The standard InChI is InChI=1S/C17H22N2O2/c1-12(20)9-15-6-4-8-19(15)11-14-10-13-5-2-3-7-16(13)18-17(14)21/h2-3,5,7,10,12,15,20H,4,6,8-9,11H2,1H3,(H,18,21). The predicted octanol–water partition coefficient (Wildman–Crippen LogP) is 2.26. The minimum atomic E-state index is -0.287. The third-order valence-corrected chi connectivity index (χ3v) is 4.32. The van der Waals surface area contributed by atoms with Gasteiger partial charge in [-0.05, 0) is 50.2 Å². The number of fused-ring (bicyclic) bond motifs is 1. The molecule has 2 heterocycles. The second kappa shape index (κ2) is 6.00. The van der Waals surface area contributed by atoms with E-state index < -0.39 is 0 Å². The fraction of sp³-hybridized carbons (Fsp3) is 0.471. The van der Waals surface area contributed by atoms with Gasteiger partial charge in [-0.3, -0.25) is 9.69 Å². The van der Waals surface area contributed by atoms with Crippen LogP contribution < -0.4 is 5.56 Å². The number of para-hydroxylation sites is 1. The summed E-state index contributed by atoms with van der Waals surface area (Å²) in [4.78, 5) is 17.5. The first-order valence-corrected chi connectivity index (χ1v) is 7.66. The molecule has 2 N–H and O–H groups in total. The number of aromatic nitrogens is 1. The van der Waals surface area contributed by atoms with E-state index >= 15 is 0 Å². The van der Waals surface area contributed by atoms with Crippen LogP contribution in [0.3, 0.4) is 0 Å². The molecule has 0 amide bonds. The number of rotatable bonds is 4. The van der Waals surface area contributed by atoms with Crippen LogP contribution in [-0.4, -0.2) is 33.7 Å². The Balaban J connectivity index is 1.84. The molecule has 1 fully saturated rings. The van der Waals surface area contributed by atoms with Crippen LogP contribution in [-0.2, 0) is 6.54 Å². The van der Waals surface area contributed by atoms with Crippen LogP contribution in [0.15, 0.2) is 35.1 Å². The first-order chi connectivity index (χ1) is 10.1. The van der Waals surface area contributed by atoms with Crippen molar-refractivity contribution >= 4 is 10.9 Å². The average molecular weight is 286 g/mol. The maximum atomic E-state index is 12.2. The summed E-state index contributed by atoms with van der Waals surface area (Å²) in [6.07, 6.45) is 2.75. The van der Waals surface area contributed by atoms with E-state index in [2.05, 4.69) is 9.88 Å². The number of aliphatic hydroxyl groups excluding tert-OH is 1. The Morgan fingerprint density at radius 3 is 3.05 bits per heavy atom. The minimum Gasteiger partial charge on any atom is -0.393 e. The normalized spacial score (nSPS) is 21.0. The van der Waals surface area contributed by atoms with Gasteiger partial charge in [-0.1, -0.05) is 18.2 Å². The molecule has 1 saturated heterocycles. The van der Waals surface area contributed by atoms with E-state index in [1.165, 1.54) is 0 Å². The van der Waals surface area contributed by atoms with Gasteiger partial charge in [0, 0.05) is 23.7 Å². The molecule has 2 unspecified atom stereocenters. The molecule has 1 aromatic carbocycles. The molecule has 0 aliphatic carbocycles. The molecular weight excluding hydrogens is 264 g/mol. The highest BCUT2D eigenvalue weighted by molar-refractivity contribution is 5.78. The van der Waals surface area contributed by atoms with Gasteiger partial charge in [-0.2, -0.15) is 0 Å². The van der Waals surface area contributed by atoms with Gasteiger partial charge >= 0.3 is 0 Å². The van der Waals surface area contributed by atoms with Crippen LogP contribution in [0, 0.1) is 0 Å². The molecule has 1 aromatic heterocycles. The number of aromatic amines is 1. The number of aliphatic hydroxyl groups is 1. The average Bonchev–Trinajstić information content (AvgIpc) is 2.86. The Hall–Kier alpha value is -1.65. The summed E-state index contributed by atoms with van der Waals surface area (Å²) in [6, 6.07) is 10.2. The zero-order chi connectivity index (χ0) is 14.8. The lowest BCUT2D eigenvalue weighted by Crippen LogP contribution is -2.33. The van der Waals surface area contributed by atoms with Gasteiger partial charge in [0.1, 0.15) is 0 Å². The summed E-state index contributed by atoms with van der Waals surface area (Å²) < 4.78 is 0. The van der Waals surface area contributed by atoms with Crippen LogP contribution in [0.5, 0.6) is 0 Å². The lowest BCUT2D eigenvalue weighted by Gasteiger charge is -2.25. The number of hydrogen-bond donors (Lipinski definition) is 2. The molecule has 0 saturated carbocycles. The lowest BCUT2D eigenvalue weighted by atomic mass is 10.1. The molecule has 0 bridgehead atoms. The predicted molar refractivity (Wildman–Crippen MR) is 84.3 cm³/mol. The first kappa shape index (κ1) is 14.3. The van der Waals surface area contributed by atoms with E-state index in [9.17, 15) is 9.90 Å². The van der Waals surface area contributed by atoms with Crippen molar-refractivity contribution in [3.8, 4) is 0 Å². The van der Waals surface area contributed by atoms with Crippen molar-refractivity contribution in [1.82, 2.24) is 9.88 Å². The van der Waals surface area contributed by atoms with Crippen LogP contribution in [0.25, 0.3) is 10.9 Å². The zero-order valence-corrected chi connectivity index (χ0v) is 12.4. The summed E-state index contributed by atoms with van der Waals surface area (Å²) in [5.74, 6) is 0. The highest BCUT2D eigenvalue weighted by atomic mass is 16.3. The van der Waals surface area contributed by atoms with Gasteiger partial charge in [0.05, 0.1) is 6.10 Å². The molecule has 2 aromatic rings. The number of H-pyrrole nitrogens is 1. The highest BCUT2D eigenvalue weighted by Crippen LogP contribution is 2.23. The Bertz CT molecular complexity index is 678. The summed E-state index contributed by atoms with van der Waals surface area (Å²) in [6.45, 7) is 3.50. The van der Waals surface area contributed by atoms with Crippen molar-refractivity contribution in [2.45, 2.75) is 44.9 Å². The molecule has 112 valence electrons. The number of nitrogens with zero attached hydrogens (tertiary/aromatic N) is 1.